The summed E-state index contributed by atoms with van der Waals surface area (Å²) in [5.74, 6) is 1.34. The third kappa shape index (κ3) is 4.54. The third-order valence-corrected chi connectivity index (χ3v) is 6.76. The van der Waals surface area contributed by atoms with Crippen LogP contribution in [0.5, 0.6) is 5.75 Å². The average molecular weight is 483 g/mol. The molecule has 1 saturated heterocycles. The summed E-state index contributed by atoms with van der Waals surface area (Å²) >= 11 is 5.90. The Morgan fingerprint density at radius 2 is 1.69 bits per heavy atom. The topological polar surface area (TPSA) is 42.3 Å². The Balaban J connectivity index is 1.60. The van der Waals surface area contributed by atoms with Crippen molar-refractivity contribution in [2.75, 3.05) is 11.5 Å². The van der Waals surface area contributed by atoms with Gasteiger partial charge < -0.3 is 19.5 Å². The lowest BCUT2D eigenvalue weighted by Crippen LogP contribution is -2.30. The molecule has 2 atom stereocenters. The zero-order valence-corrected chi connectivity index (χ0v) is 21.1. The molecule has 3 heterocycles. The lowest BCUT2D eigenvalue weighted by Gasteiger charge is -2.29. The van der Waals surface area contributed by atoms with E-state index in [1.807, 2.05) is 37.4 Å². The van der Waals surface area contributed by atoms with Gasteiger partial charge in [0.25, 0.3) is 0 Å². The fourth-order valence-electron chi connectivity index (χ4n) is 4.69. The van der Waals surface area contributed by atoms with Gasteiger partial charge in [-0.2, -0.15) is 0 Å². The summed E-state index contributed by atoms with van der Waals surface area (Å²) in [5, 5.41) is 4.26. The number of benzene rings is 2. The molecule has 178 valence electrons. The SMILES string of the molecule is CCOc1ccc(-n2cccc2[C@@H]2[C@@H](c3ccccn3)NC(=S)N2c2ccc(C(C)C)cc2)cc1. The lowest BCUT2D eigenvalue weighted by atomic mass is 9.99. The summed E-state index contributed by atoms with van der Waals surface area (Å²) in [6.45, 7) is 7.06. The first kappa shape index (κ1) is 23.1. The first-order valence-electron chi connectivity index (χ1n) is 12.1. The summed E-state index contributed by atoms with van der Waals surface area (Å²) < 4.78 is 7.87. The molecule has 0 radical (unpaired) electrons. The van der Waals surface area contributed by atoms with E-state index in [0.29, 0.717) is 17.6 Å². The molecule has 0 aliphatic carbocycles. The molecule has 1 N–H and O–H groups in total. The fraction of sp³-hybridized carbons (Fsp3) is 0.241. The molecular formula is C29H30N4OS. The number of nitrogens with one attached hydrogen (secondary N) is 1. The van der Waals surface area contributed by atoms with Crippen molar-refractivity contribution in [3.63, 3.8) is 0 Å². The molecule has 4 aromatic rings. The zero-order valence-electron chi connectivity index (χ0n) is 20.3. The Labute approximate surface area is 212 Å². The smallest absolute Gasteiger partial charge is 0.174 e. The van der Waals surface area contributed by atoms with E-state index in [1.54, 1.807) is 0 Å². The van der Waals surface area contributed by atoms with Gasteiger partial charge in [-0.25, -0.2) is 0 Å². The highest BCUT2D eigenvalue weighted by Gasteiger charge is 2.42. The van der Waals surface area contributed by atoms with Crippen LogP contribution in [0.25, 0.3) is 5.69 Å². The lowest BCUT2D eigenvalue weighted by molar-refractivity contribution is 0.340. The molecule has 2 aromatic heterocycles. The first-order chi connectivity index (χ1) is 17.1. The van der Waals surface area contributed by atoms with E-state index in [0.717, 1.165) is 28.5 Å². The molecule has 6 heteroatoms. The number of pyridine rings is 1. The molecule has 0 spiro atoms. The van der Waals surface area contributed by atoms with Crippen molar-refractivity contribution in [3.05, 3.63) is 108 Å². The predicted octanol–water partition coefficient (Wildman–Crippen LogP) is 6.57. The Morgan fingerprint density at radius 3 is 2.34 bits per heavy atom. The van der Waals surface area contributed by atoms with E-state index in [9.17, 15) is 0 Å². The number of ether oxygens (including phenoxy) is 1. The van der Waals surface area contributed by atoms with Crippen molar-refractivity contribution in [2.24, 2.45) is 0 Å². The van der Waals surface area contributed by atoms with Gasteiger partial charge in [0.1, 0.15) is 11.8 Å². The second-order valence-corrected chi connectivity index (χ2v) is 9.36. The molecule has 0 unspecified atom stereocenters. The van der Waals surface area contributed by atoms with E-state index in [4.69, 9.17) is 17.0 Å². The van der Waals surface area contributed by atoms with Crippen LogP contribution in [0, 0.1) is 0 Å². The van der Waals surface area contributed by atoms with Crippen LogP contribution in [0.4, 0.5) is 5.69 Å². The van der Waals surface area contributed by atoms with Crippen LogP contribution >= 0.6 is 12.2 Å². The molecule has 0 amide bonds. The minimum Gasteiger partial charge on any atom is -0.494 e. The standard InChI is InChI=1S/C29H30N4OS/c1-4-34-24-16-14-22(15-17-24)32-19-7-9-26(32)28-27(25-8-5-6-18-30-25)31-29(35)33(28)23-12-10-21(11-13-23)20(2)3/h5-20,27-28H,4H2,1-3H3,(H,31,35)/t27-,28-/m1/s1. The Bertz CT molecular complexity index is 1280. The maximum Gasteiger partial charge on any atom is 0.174 e. The summed E-state index contributed by atoms with van der Waals surface area (Å²) in [6, 6.07) is 27.0. The van der Waals surface area contributed by atoms with Crippen molar-refractivity contribution in [3.8, 4) is 11.4 Å². The van der Waals surface area contributed by atoms with Crippen LogP contribution < -0.4 is 15.0 Å². The van der Waals surface area contributed by atoms with Crippen LogP contribution in [0.2, 0.25) is 0 Å². The second-order valence-electron chi connectivity index (χ2n) is 8.97. The van der Waals surface area contributed by atoms with Crippen LogP contribution in [0.15, 0.2) is 91.3 Å². The maximum atomic E-state index is 5.90. The number of hydrogen-bond donors (Lipinski definition) is 1. The molecular weight excluding hydrogens is 452 g/mol. The van der Waals surface area contributed by atoms with Gasteiger partial charge in [0, 0.05) is 29.5 Å². The first-order valence-corrected chi connectivity index (χ1v) is 12.5. The van der Waals surface area contributed by atoms with Gasteiger partial charge in [-0.3, -0.25) is 4.98 Å². The van der Waals surface area contributed by atoms with Gasteiger partial charge in [0.15, 0.2) is 5.11 Å². The summed E-state index contributed by atoms with van der Waals surface area (Å²) in [4.78, 5) is 6.90. The zero-order chi connectivity index (χ0) is 24.4. The van der Waals surface area contributed by atoms with Crippen molar-refractivity contribution in [1.82, 2.24) is 14.9 Å². The minimum absolute atomic E-state index is 0.0798. The summed E-state index contributed by atoms with van der Waals surface area (Å²) in [7, 11) is 0. The van der Waals surface area contributed by atoms with Crippen LogP contribution in [0.1, 0.15) is 55.7 Å². The van der Waals surface area contributed by atoms with E-state index in [-0.39, 0.29) is 12.1 Å². The Morgan fingerprint density at radius 1 is 0.943 bits per heavy atom. The number of nitrogens with zero attached hydrogens (tertiary/aromatic N) is 3. The highest BCUT2D eigenvalue weighted by molar-refractivity contribution is 7.80. The molecule has 2 aromatic carbocycles. The molecule has 5 rings (SSSR count). The Kier molecular flexibility index (Phi) is 6.55. The molecule has 35 heavy (non-hydrogen) atoms. The number of thiocarbonyl (C=S) groups is 1. The van der Waals surface area contributed by atoms with Gasteiger partial charge in [-0.1, -0.05) is 32.0 Å². The van der Waals surface area contributed by atoms with Crippen LogP contribution in [0.3, 0.4) is 0 Å². The quantitative estimate of drug-likeness (QED) is 0.302. The fourth-order valence-corrected chi connectivity index (χ4v) is 5.04. The van der Waals surface area contributed by atoms with E-state index in [2.05, 4.69) is 94.4 Å². The van der Waals surface area contributed by atoms with Gasteiger partial charge in [0.05, 0.1) is 18.3 Å². The molecule has 0 bridgehead atoms. The van der Waals surface area contributed by atoms with Crippen molar-refractivity contribution in [1.29, 1.82) is 0 Å². The average Bonchev–Trinajstić information content (AvgIpc) is 3.49. The van der Waals surface area contributed by atoms with Crippen molar-refractivity contribution >= 4 is 23.0 Å². The highest BCUT2D eigenvalue weighted by atomic mass is 32.1. The van der Waals surface area contributed by atoms with E-state index in [1.165, 1.54) is 5.56 Å². The summed E-state index contributed by atoms with van der Waals surface area (Å²) in [5.41, 5.74) is 5.53. The van der Waals surface area contributed by atoms with Crippen LogP contribution in [-0.4, -0.2) is 21.3 Å². The molecule has 5 nitrogen and oxygen atoms in total. The van der Waals surface area contributed by atoms with Gasteiger partial charge in [-0.15, -0.1) is 0 Å². The number of hydrogen-bond acceptors (Lipinski definition) is 3. The van der Waals surface area contributed by atoms with Gasteiger partial charge in [-0.05, 0) is 91.3 Å². The molecule has 1 aliphatic heterocycles. The van der Waals surface area contributed by atoms with Crippen LogP contribution in [-0.2, 0) is 0 Å². The highest BCUT2D eigenvalue weighted by Crippen LogP contribution is 2.42. The number of aromatic nitrogens is 2. The summed E-state index contributed by atoms with van der Waals surface area (Å²) in [6.07, 6.45) is 3.94. The largest absolute Gasteiger partial charge is 0.494 e. The number of rotatable bonds is 7. The monoisotopic (exact) mass is 482 g/mol. The van der Waals surface area contributed by atoms with Crippen molar-refractivity contribution < 1.29 is 4.74 Å². The Hall–Kier alpha value is -3.64. The predicted molar refractivity (Wildman–Crippen MR) is 145 cm³/mol. The van der Waals surface area contributed by atoms with E-state index < -0.39 is 0 Å². The molecule has 1 fully saturated rings. The number of anilines is 1. The third-order valence-electron chi connectivity index (χ3n) is 6.45. The molecule has 0 saturated carbocycles. The van der Waals surface area contributed by atoms with Gasteiger partial charge in [0.2, 0.25) is 0 Å². The minimum atomic E-state index is -0.0928. The van der Waals surface area contributed by atoms with Crippen molar-refractivity contribution in [2.45, 2.75) is 38.8 Å². The normalized spacial score (nSPS) is 17.6. The second kappa shape index (κ2) is 9.92. The maximum absolute atomic E-state index is 5.90. The van der Waals surface area contributed by atoms with Gasteiger partial charge >= 0.3 is 0 Å². The molecule has 1 aliphatic rings. The van der Waals surface area contributed by atoms with E-state index >= 15 is 0 Å².